The van der Waals surface area contributed by atoms with E-state index in [9.17, 15) is 19.5 Å². The number of cyclic esters (lactones) is 1. The van der Waals surface area contributed by atoms with Crippen molar-refractivity contribution in [1.29, 1.82) is 0 Å². The van der Waals surface area contributed by atoms with Gasteiger partial charge in [0.2, 0.25) is 0 Å². The number of ether oxygens (including phenoxy) is 5. The molecule has 1 amide bonds. The molecular weight excluding hydrogens is 600 g/mol. The number of fused-ring (bicyclic) bond motifs is 1. The van der Waals surface area contributed by atoms with E-state index in [4.69, 9.17) is 34.9 Å². The van der Waals surface area contributed by atoms with Crippen LogP contribution in [0, 0.1) is 11.8 Å². The molecule has 0 spiro atoms. The summed E-state index contributed by atoms with van der Waals surface area (Å²) in [6.07, 6.45) is -3.14. The van der Waals surface area contributed by atoms with Crippen molar-refractivity contribution < 1.29 is 43.2 Å². The van der Waals surface area contributed by atoms with E-state index >= 15 is 0 Å². The fourth-order valence-corrected chi connectivity index (χ4v) is 6.67. The third-order valence-electron chi connectivity index (χ3n) is 9.59. The van der Waals surface area contributed by atoms with Crippen LogP contribution in [-0.4, -0.2) is 115 Å². The van der Waals surface area contributed by atoms with Crippen LogP contribution in [-0.2, 0) is 33.3 Å². The first-order chi connectivity index (χ1) is 21.8. The zero-order chi connectivity index (χ0) is 34.2. The number of unbranched alkanes of at least 4 members (excludes halogenated alkanes) is 1. The summed E-state index contributed by atoms with van der Waals surface area (Å²) in [5, 5.41) is 17.9. The number of amides is 1. The highest BCUT2D eigenvalue weighted by Crippen LogP contribution is 2.34. The molecule has 3 aliphatic heterocycles. The predicted molar refractivity (Wildman–Crippen MR) is 167 cm³/mol. The molecule has 0 radical (unpaired) electrons. The number of nitrogens with two attached hydrogens (primary N) is 1. The van der Waals surface area contributed by atoms with E-state index in [1.807, 2.05) is 34.6 Å². The van der Waals surface area contributed by atoms with Crippen LogP contribution in [0.4, 0.5) is 4.79 Å². The second kappa shape index (κ2) is 17.0. The molecule has 0 aliphatic carbocycles. The Morgan fingerprint density at radius 3 is 2.57 bits per heavy atom. The summed E-state index contributed by atoms with van der Waals surface area (Å²) in [6.45, 7) is 12.2. The Labute approximate surface area is 271 Å². The zero-order valence-electron chi connectivity index (χ0n) is 28.3. The number of ketones is 1. The highest BCUT2D eigenvalue weighted by atomic mass is 16.7. The lowest BCUT2D eigenvalue weighted by Crippen LogP contribution is -2.57. The number of Topliss-reactive ketones (excluding diaryl/α,β-unsaturated/α-hetero) is 1. The molecule has 3 rings (SSSR count). The first-order valence-corrected chi connectivity index (χ1v) is 16.5. The Morgan fingerprint density at radius 1 is 1.20 bits per heavy atom. The van der Waals surface area contributed by atoms with Gasteiger partial charge in [-0.15, -0.1) is 0 Å². The lowest BCUT2D eigenvalue weighted by atomic mass is 9.84. The zero-order valence-corrected chi connectivity index (χ0v) is 28.3. The monoisotopic (exact) mass is 654 g/mol. The van der Waals surface area contributed by atoms with Gasteiger partial charge in [-0.25, -0.2) is 4.79 Å². The maximum absolute atomic E-state index is 13.7. The summed E-state index contributed by atoms with van der Waals surface area (Å²) in [5.74, 6) is -2.30. The maximum Gasteiger partial charge on any atom is 0.410 e. The van der Waals surface area contributed by atoms with E-state index in [0.29, 0.717) is 51.7 Å². The number of carbonyl (C=O) groups is 3. The number of nitrogens with zero attached hydrogens (tertiary/aromatic N) is 4. The molecule has 0 bridgehead atoms. The molecule has 12 atom stereocenters. The van der Waals surface area contributed by atoms with Crippen LogP contribution in [0.5, 0.6) is 0 Å². The minimum atomic E-state index is -1.15. The molecule has 46 heavy (non-hydrogen) atoms. The topological polar surface area (TPSA) is 208 Å². The Bertz CT molecular complexity index is 1090. The van der Waals surface area contributed by atoms with Gasteiger partial charge >= 0.3 is 12.1 Å². The van der Waals surface area contributed by atoms with Gasteiger partial charge in [-0.3, -0.25) is 14.5 Å². The Hall–Kier alpha value is -2.52. The Balaban J connectivity index is 1.92. The number of rotatable bonds is 9. The summed E-state index contributed by atoms with van der Waals surface area (Å²) in [6, 6.07) is -1.29. The average molecular weight is 655 g/mol. The number of methoxy groups -OCH3 is 1. The summed E-state index contributed by atoms with van der Waals surface area (Å²) in [7, 11) is 1.54. The second-order valence-electron chi connectivity index (χ2n) is 13.3. The maximum atomic E-state index is 13.7. The quantitative estimate of drug-likeness (QED) is 0.0822. The summed E-state index contributed by atoms with van der Waals surface area (Å²) in [4.78, 5) is 44.7. The van der Waals surface area contributed by atoms with Gasteiger partial charge in [-0.2, -0.15) is 0 Å². The van der Waals surface area contributed by atoms with Crippen LogP contribution in [0.2, 0.25) is 0 Å². The molecule has 262 valence electrons. The van der Waals surface area contributed by atoms with Crippen LogP contribution in [0.25, 0.3) is 10.4 Å². The van der Waals surface area contributed by atoms with Crippen molar-refractivity contribution in [3.63, 3.8) is 0 Å². The van der Waals surface area contributed by atoms with Crippen molar-refractivity contribution >= 4 is 17.8 Å². The predicted octanol–water partition coefficient (Wildman–Crippen LogP) is 2.81. The third-order valence-corrected chi connectivity index (χ3v) is 9.59. The van der Waals surface area contributed by atoms with Crippen molar-refractivity contribution in [1.82, 2.24) is 10.2 Å². The van der Waals surface area contributed by atoms with Crippen LogP contribution < -0.4 is 11.1 Å². The molecule has 3 heterocycles. The van der Waals surface area contributed by atoms with Gasteiger partial charge < -0.3 is 39.8 Å². The van der Waals surface area contributed by atoms with Crippen LogP contribution in [0.3, 0.4) is 0 Å². The molecule has 0 saturated carbocycles. The van der Waals surface area contributed by atoms with Crippen molar-refractivity contribution in [3.8, 4) is 0 Å². The molecule has 15 heteroatoms. The molecule has 15 nitrogen and oxygen atoms in total. The normalized spacial score (nSPS) is 39.8. The van der Waals surface area contributed by atoms with E-state index in [2.05, 4.69) is 15.3 Å². The molecule has 0 aromatic carbocycles. The van der Waals surface area contributed by atoms with Crippen molar-refractivity contribution in [2.45, 2.75) is 141 Å². The van der Waals surface area contributed by atoms with E-state index < -0.39 is 72.2 Å². The number of hydrogen-bond acceptors (Lipinski definition) is 12. The van der Waals surface area contributed by atoms with Crippen LogP contribution >= 0.6 is 0 Å². The van der Waals surface area contributed by atoms with Gasteiger partial charge in [0.05, 0.1) is 23.9 Å². The van der Waals surface area contributed by atoms with Crippen LogP contribution in [0.15, 0.2) is 5.11 Å². The van der Waals surface area contributed by atoms with Gasteiger partial charge in [-0.05, 0) is 77.8 Å². The highest BCUT2D eigenvalue weighted by molar-refractivity contribution is 5.98. The minimum absolute atomic E-state index is 0.00292. The number of esters is 1. The Morgan fingerprint density at radius 2 is 1.91 bits per heavy atom. The molecule has 3 aliphatic rings. The molecule has 3 saturated heterocycles. The SMILES string of the molecule is CC[C@H]1OC(=O)[C@H](C)C(=O)C[C@@H](O[C@@H]2O[C@H](C)CC(N)C2O)[C@@](C)(OC)C[C@@H](C)CN[C@H](C)[C@@H]2[C@@H]1OC(=O)N2CCCCN=[N+]=[N-]. The number of hydrogen-bond donors (Lipinski definition) is 3. The molecule has 4 N–H and O–H groups in total. The summed E-state index contributed by atoms with van der Waals surface area (Å²) in [5.41, 5.74) is 13.7. The number of azide groups is 1. The second-order valence-corrected chi connectivity index (χ2v) is 13.3. The van der Waals surface area contributed by atoms with Gasteiger partial charge in [0.15, 0.2) is 12.4 Å². The van der Waals surface area contributed by atoms with Crippen molar-refractivity contribution in [2.75, 3.05) is 26.7 Å². The number of nitrogens with one attached hydrogen (secondary N) is 1. The molecule has 0 aromatic rings. The first-order valence-electron chi connectivity index (χ1n) is 16.5. The standard InChI is InChI=1S/C31H54N6O9/c1-8-23-27-25(37(30(41)46-27)12-10-9-11-35-36-33)20(5)34-16-17(2)15-31(6,42-7)24(14-22(38)19(4)28(40)44-23)45-29-26(39)21(32)13-18(3)43-29/h17-21,23-27,29,34,39H,8-16,32H2,1-7H3/t17-,18-,19-,20-,21?,23-,24-,25-,26?,27-,29+,31+/m1/s1. The number of aliphatic hydroxyl groups excluding tert-OH is 1. The fourth-order valence-electron chi connectivity index (χ4n) is 6.67. The lowest BCUT2D eigenvalue weighted by Gasteiger charge is -2.43. The number of carbonyl (C=O) groups excluding carboxylic acids is 3. The summed E-state index contributed by atoms with van der Waals surface area (Å²) < 4.78 is 30.0. The van der Waals surface area contributed by atoms with E-state index in [1.54, 1.807) is 12.0 Å². The van der Waals surface area contributed by atoms with Crippen LogP contribution in [0.1, 0.15) is 80.1 Å². The van der Waals surface area contributed by atoms with Crippen molar-refractivity contribution in [3.05, 3.63) is 10.4 Å². The minimum Gasteiger partial charge on any atom is -0.458 e. The number of aliphatic hydroxyl groups is 1. The lowest BCUT2D eigenvalue weighted by molar-refractivity contribution is -0.282. The van der Waals surface area contributed by atoms with Gasteiger partial charge in [0, 0.05) is 43.6 Å². The summed E-state index contributed by atoms with van der Waals surface area (Å²) >= 11 is 0. The van der Waals surface area contributed by atoms with Gasteiger partial charge in [-0.1, -0.05) is 19.0 Å². The van der Waals surface area contributed by atoms with Crippen molar-refractivity contribution in [2.24, 2.45) is 22.7 Å². The van der Waals surface area contributed by atoms with E-state index in [1.165, 1.54) is 6.92 Å². The smallest absolute Gasteiger partial charge is 0.410 e. The first kappa shape index (κ1) is 37.9. The molecule has 3 fully saturated rings. The largest absolute Gasteiger partial charge is 0.458 e. The van der Waals surface area contributed by atoms with E-state index in [-0.39, 0.29) is 24.5 Å². The molecular formula is C31H54N6O9. The van der Waals surface area contributed by atoms with Gasteiger partial charge in [0.1, 0.15) is 23.9 Å². The fraction of sp³-hybridized carbons (Fsp3) is 0.903. The van der Waals surface area contributed by atoms with Gasteiger partial charge in [0.25, 0.3) is 0 Å². The molecule has 0 aromatic heterocycles. The molecule has 2 unspecified atom stereocenters. The third kappa shape index (κ3) is 9.30. The highest BCUT2D eigenvalue weighted by Gasteiger charge is 2.50. The Kier molecular flexibility index (Phi) is 14.1. The average Bonchev–Trinajstić information content (AvgIpc) is 3.34. The van der Waals surface area contributed by atoms with E-state index in [0.717, 1.165) is 0 Å².